The van der Waals surface area contributed by atoms with Crippen LogP contribution in [-0.4, -0.2) is 60.4 Å². The molecule has 0 radical (unpaired) electrons. The van der Waals surface area contributed by atoms with Gasteiger partial charge >= 0.3 is 0 Å². The Morgan fingerprint density at radius 3 is 2.27 bits per heavy atom. The molecule has 160 valence electrons. The first-order valence-electron chi connectivity index (χ1n) is 8.79. The summed E-state index contributed by atoms with van der Waals surface area (Å²) in [5.74, 6) is -2.14. The highest BCUT2D eigenvalue weighted by Gasteiger charge is 2.32. The molecule has 0 aliphatic carbocycles. The second-order valence-corrected chi connectivity index (χ2v) is 9.35. The van der Waals surface area contributed by atoms with E-state index in [2.05, 4.69) is 0 Å². The summed E-state index contributed by atoms with van der Waals surface area (Å²) in [6, 6.07) is 8.09. The number of amides is 1. The molecule has 0 N–H and O–H groups in total. The van der Waals surface area contributed by atoms with Gasteiger partial charge in [-0.3, -0.25) is 14.9 Å². The number of benzene rings is 2. The first kappa shape index (κ1) is 22.1. The molecule has 30 heavy (non-hydrogen) atoms. The van der Waals surface area contributed by atoms with Crippen LogP contribution < -0.4 is 0 Å². The summed E-state index contributed by atoms with van der Waals surface area (Å²) < 4.78 is 53.2. The molecule has 2 aromatic carbocycles. The number of hydrogen-bond acceptors (Lipinski definition) is 6. The number of nitro benzene ring substituents is 1. The number of nitrogens with zero attached hydrogens (tertiary/aromatic N) is 3. The van der Waals surface area contributed by atoms with Crippen LogP contribution in [0.4, 0.5) is 14.5 Å². The zero-order chi connectivity index (χ0) is 21.9. The van der Waals surface area contributed by atoms with E-state index in [1.54, 1.807) is 12.1 Å². The number of carbonyl (C=O) groups is 1. The van der Waals surface area contributed by atoms with Crippen molar-refractivity contribution >= 4 is 33.4 Å². The second-order valence-electron chi connectivity index (χ2n) is 6.40. The van der Waals surface area contributed by atoms with Gasteiger partial charge in [-0.1, -0.05) is 0 Å². The molecule has 0 saturated carbocycles. The van der Waals surface area contributed by atoms with Crippen molar-refractivity contribution in [1.29, 1.82) is 0 Å². The lowest BCUT2D eigenvalue weighted by molar-refractivity contribution is -0.384. The average Bonchev–Trinajstić information content (AvgIpc) is 2.72. The summed E-state index contributed by atoms with van der Waals surface area (Å²) in [5.41, 5.74) is -0.0411. The number of carbonyl (C=O) groups excluding carboxylic acids is 1. The van der Waals surface area contributed by atoms with Crippen LogP contribution in [0, 0.1) is 21.7 Å². The molecule has 0 spiro atoms. The van der Waals surface area contributed by atoms with Gasteiger partial charge < -0.3 is 4.90 Å². The van der Waals surface area contributed by atoms with E-state index in [1.807, 2.05) is 0 Å². The van der Waals surface area contributed by atoms with E-state index in [1.165, 1.54) is 28.8 Å². The van der Waals surface area contributed by atoms with Crippen LogP contribution >= 0.6 is 11.8 Å². The maximum atomic E-state index is 13.9. The fourth-order valence-corrected chi connectivity index (χ4v) is 5.17. The maximum Gasteiger partial charge on any atom is 0.269 e. The number of halogens is 2. The Morgan fingerprint density at radius 1 is 1.07 bits per heavy atom. The predicted molar refractivity (Wildman–Crippen MR) is 106 cm³/mol. The number of piperazine rings is 1. The van der Waals surface area contributed by atoms with Gasteiger partial charge in [0.15, 0.2) is 0 Å². The van der Waals surface area contributed by atoms with E-state index in [4.69, 9.17) is 0 Å². The summed E-state index contributed by atoms with van der Waals surface area (Å²) in [4.78, 5) is 24.1. The van der Waals surface area contributed by atoms with Crippen molar-refractivity contribution in [3.8, 4) is 0 Å². The molecule has 12 heteroatoms. The molecule has 1 saturated heterocycles. The molecule has 3 rings (SSSR count). The predicted octanol–water partition coefficient (Wildman–Crippen LogP) is 2.50. The molecule has 0 unspecified atom stereocenters. The zero-order valence-corrected chi connectivity index (χ0v) is 17.2. The summed E-state index contributed by atoms with van der Waals surface area (Å²) >= 11 is 1.22. The fourth-order valence-electron chi connectivity index (χ4n) is 2.90. The van der Waals surface area contributed by atoms with Gasteiger partial charge in [-0.15, -0.1) is 11.8 Å². The quantitative estimate of drug-likeness (QED) is 0.375. The highest BCUT2D eigenvalue weighted by atomic mass is 32.2. The van der Waals surface area contributed by atoms with Crippen LogP contribution in [0.3, 0.4) is 0 Å². The van der Waals surface area contributed by atoms with Crippen molar-refractivity contribution in [3.05, 3.63) is 64.2 Å². The van der Waals surface area contributed by atoms with Crippen LogP contribution in [0.15, 0.2) is 52.3 Å². The molecule has 0 aromatic heterocycles. The van der Waals surface area contributed by atoms with Gasteiger partial charge in [0.25, 0.3) is 5.69 Å². The lowest BCUT2D eigenvalue weighted by Gasteiger charge is -2.34. The first-order chi connectivity index (χ1) is 14.2. The summed E-state index contributed by atoms with van der Waals surface area (Å²) in [7, 11) is -4.13. The van der Waals surface area contributed by atoms with Crippen LogP contribution in [0.1, 0.15) is 0 Å². The minimum atomic E-state index is -4.13. The van der Waals surface area contributed by atoms with Crippen molar-refractivity contribution in [1.82, 2.24) is 9.21 Å². The number of sulfonamides is 1. The Balaban J connectivity index is 1.55. The van der Waals surface area contributed by atoms with Gasteiger partial charge in [-0.05, 0) is 24.3 Å². The molecule has 1 heterocycles. The third-order valence-corrected chi connectivity index (χ3v) is 7.44. The summed E-state index contributed by atoms with van der Waals surface area (Å²) in [6.07, 6.45) is 0. The zero-order valence-electron chi connectivity index (χ0n) is 15.5. The molecule has 1 aliphatic rings. The number of rotatable bonds is 6. The van der Waals surface area contributed by atoms with E-state index >= 15 is 0 Å². The molecule has 2 aromatic rings. The molecule has 1 fully saturated rings. The molecular weight excluding hydrogens is 440 g/mol. The van der Waals surface area contributed by atoms with Gasteiger partial charge in [0.1, 0.15) is 16.5 Å². The third kappa shape index (κ3) is 4.94. The number of thioether (sulfide) groups is 1. The van der Waals surface area contributed by atoms with Gasteiger partial charge in [0.2, 0.25) is 15.9 Å². The molecule has 8 nitrogen and oxygen atoms in total. The standard InChI is InChI=1S/C18H17F2N3O5S2/c19-13-1-6-17(16(20)11-13)30(27,28)22-9-7-21(8-10-22)18(24)12-29-15-4-2-14(3-5-15)23(25)26/h1-6,11H,7-10,12H2. The van der Waals surface area contributed by atoms with Crippen LogP contribution in [0.5, 0.6) is 0 Å². The number of non-ortho nitro benzene ring substituents is 1. The first-order valence-corrected chi connectivity index (χ1v) is 11.2. The smallest absolute Gasteiger partial charge is 0.269 e. The van der Waals surface area contributed by atoms with Crippen molar-refractivity contribution in [3.63, 3.8) is 0 Å². The van der Waals surface area contributed by atoms with Gasteiger partial charge in [-0.2, -0.15) is 4.31 Å². The second kappa shape index (κ2) is 9.06. The Kier molecular flexibility index (Phi) is 6.68. The molecule has 1 amide bonds. The summed E-state index contributed by atoms with van der Waals surface area (Å²) in [6.45, 7) is 0.267. The van der Waals surface area contributed by atoms with Gasteiger partial charge in [-0.25, -0.2) is 17.2 Å². The normalized spacial score (nSPS) is 15.2. The van der Waals surface area contributed by atoms with Crippen molar-refractivity contribution < 1.29 is 26.9 Å². The van der Waals surface area contributed by atoms with E-state index in [-0.39, 0.29) is 43.5 Å². The lowest BCUT2D eigenvalue weighted by Crippen LogP contribution is -2.51. The van der Waals surface area contributed by atoms with Crippen LogP contribution in [0.2, 0.25) is 0 Å². The van der Waals surface area contributed by atoms with Gasteiger partial charge in [0, 0.05) is 49.3 Å². The Morgan fingerprint density at radius 2 is 1.70 bits per heavy atom. The van der Waals surface area contributed by atoms with Crippen LogP contribution in [0.25, 0.3) is 0 Å². The molecular formula is C18H17F2N3O5S2. The lowest BCUT2D eigenvalue weighted by atomic mass is 10.3. The topological polar surface area (TPSA) is 101 Å². The third-order valence-electron chi connectivity index (χ3n) is 4.51. The van der Waals surface area contributed by atoms with Crippen molar-refractivity contribution in [2.45, 2.75) is 9.79 Å². The SMILES string of the molecule is O=C(CSc1ccc([N+](=O)[O-])cc1)N1CCN(S(=O)(=O)c2ccc(F)cc2F)CC1. The molecule has 1 aliphatic heterocycles. The summed E-state index contributed by atoms with van der Waals surface area (Å²) in [5, 5.41) is 10.7. The highest BCUT2D eigenvalue weighted by molar-refractivity contribution is 8.00. The Hall–Kier alpha value is -2.57. The minimum absolute atomic E-state index is 0.00686. The van der Waals surface area contributed by atoms with Crippen molar-refractivity contribution in [2.24, 2.45) is 0 Å². The fraction of sp³-hybridized carbons (Fsp3) is 0.278. The molecule has 0 atom stereocenters. The molecule has 0 bridgehead atoms. The number of nitro groups is 1. The monoisotopic (exact) mass is 457 g/mol. The van der Waals surface area contributed by atoms with E-state index in [9.17, 15) is 32.1 Å². The van der Waals surface area contributed by atoms with E-state index < -0.39 is 31.5 Å². The largest absolute Gasteiger partial charge is 0.339 e. The van der Waals surface area contributed by atoms with Crippen LogP contribution in [-0.2, 0) is 14.8 Å². The van der Waals surface area contributed by atoms with E-state index in [0.29, 0.717) is 11.0 Å². The average molecular weight is 457 g/mol. The maximum absolute atomic E-state index is 13.9. The van der Waals surface area contributed by atoms with Gasteiger partial charge in [0.05, 0.1) is 10.7 Å². The highest BCUT2D eigenvalue weighted by Crippen LogP contribution is 2.24. The Labute approximate surface area is 175 Å². The van der Waals surface area contributed by atoms with E-state index in [0.717, 1.165) is 16.4 Å². The number of hydrogen-bond donors (Lipinski definition) is 0. The Bertz CT molecular complexity index is 1060. The minimum Gasteiger partial charge on any atom is -0.339 e. The van der Waals surface area contributed by atoms with Crippen molar-refractivity contribution in [2.75, 3.05) is 31.9 Å².